The van der Waals surface area contributed by atoms with Crippen LogP contribution in [-0.4, -0.2) is 39.1 Å². The van der Waals surface area contributed by atoms with Crippen molar-refractivity contribution in [1.29, 1.82) is 0 Å². The molecular formula is C19H18ClN5O2. The molecule has 1 unspecified atom stereocenters. The summed E-state index contributed by atoms with van der Waals surface area (Å²) in [7, 11) is 0. The Morgan fingerprint density at radius 2 is 2.11 bits per heavy atom. The summed E-state index contributed by atoms with van der Waals surface area (Å²) in [6, 6.07) is 10.7. The molecule has 0 spiro atoms. The molecule has 0 saturated carbocycles. The van der Waals surface area contributed by atoms with Crippen LogP contribution in [0.5, 0.6) is 0 Å². The average molecular weight is 384 g/mol. The first-order valence-corrected chi connectivity index (χ1v) is 9.12. The van der Waals surface area contributed by atoms with Gasteiger partial charge in [0.2, 0.25) is 11.7 Å². The van der Waals surface area contributed by atoms with E-state index in [-0.39, 0.29) is 11.9 Å². The Morgan fingerprint density at radius 3 is 2.89 bits per heavy atom. The van der Waals surface area contributed by atoms with Gasteiger partial charge in [-0.05, 0) is 49.2 Å². The third kappa shape index (κ3) is 4.09. The first kappa shape index (κ1) is 17.5. The molecule has 1 fully saturated rings. The zero-order valence-corrected chi connectivity index (χ0v) is 15.3. The van der Waals surface area contributed by atoms with Gasteiger partial charge in [-0.2, -0.15) is 4.98 Å². The number of nitrogens with zero attached hydrogens (tertiary/aromatic N) is 4. The second kappa shape index (κ2) is 7.75. The van der Waals surface area contributed by atoms with Crippen molar-refractivity contribution in [2.24, 2.45) is 0 Å². The Balaban J connectivity index is 1.44. The minimum atomic E-state index is -0.148. The fourth-order valence-corrected chi connectivity index (χ4v) is 3.25. The van der Waals surface area contributed by atoms with Crippen LogP contribution in [0.3, 0.4) is 0 Å². The second-order valence-electron chi connectivity index (χ2n) is 6.42. The van der Waals surface area contributed by atoms with E-state index in [1.54, 1.807) is 35.5 Å². The van der Waals surface area contributed by atoms with Crippen molar-refractivity contribution in [2.45, 2.75) is 18.8 Å². The van der Waals surface area contributed by atoms with Gasteiger partial charge in [0.25, 0.3) is 0 Å². The summed E-state index contributed by atoms with van der Waals surface area (Å²) < 4.78 is 5.47. The quantitative estimate of drug-likeness (QED) is 0.732. The number of likely N-dealkylation sites (tertiary alicyclic amines) is 1. The smallest absolute Gasteiger partial charge is 0.321 e. The van der Waals surface area contributed by atoms with Crippen LogP contribution in [0.25, 0.3) is 11.4 Å². The Kier molecular flexibility index (Phi) is 5.02. The zero-order chi connectivity index (χ0) is 18.6. The van der Waals surface area contributed by atoms with Crippen LogP contribution in [0.15, 0.2) is 53.3 Å². The zero-order valence-electron chi connectivity index (χ0n) is 14.5. The van der Waals surface area contributed by atoms with E-state index in [1.807, 2.05) is 18.2 Å². The Morgan fingerprint density at radius 1 is 1.26 bits per heavy atom. The van der Waals surface area contributed by atoms with Crippen molar-refractivity contribution < 1.29 is 9.32 Å². The number of rotatable bonds is 3. The Hall–Kier alpha value is -2.93. The first-order chi connectivity index (χ1) is 13.2. The molecule has 138 valence electrons. The second-order valence-corrected chi connectivity index (χ2v) is 6.86. The number of amides is 2. The van der Waals surface area contributed by atoms with Gasteiger partial charge in [0.05, 0.1) is 17.8 Å². The maximum absolute atomic E-state index is 12.5. The fraction of sp³-hybridized carbons (Fsp3) is 0.263. The van der Waals surface area contributed by atoms with Gasteiger partial charge in [0.15, 0.2) is 0 Å². The van der Waals surface area contributed by atoms with Crippen LogP contribution in [0.1, 0.15) is 24.7 Å². The largest absolute Gasteiger partial charge is 0.339 e. The van der Waals surface area contributed by atoms with Crippen LogP contribution in [0.4, 0.5) is 10.5 Å². The monoisotopic (exact) mass is 383 g/mol. The van der Waals surface area contributed by atoms with E-state index in [2.05, 4.69) is 20.4 Å². The molecular weight excluding hydrogens is 366 g/mol. The van der Waals surface area contributed by atoms with Crippen LogP contribution in [0.2, 0.25) is 5.02 Å². The van der Waals surface area contributed by atoms with Gasteiger partial charge in [-0.3, -0.25) is 4.98 Å². The molecule has 8 heteroatoms. The van der Waals surface area contributed by atoms with Crippen molar-refractivity contribution in [3.8, 4) is 11.4 Å². The SMILES string of the molecule is O=C(Nc1cccnc1)N1CCCC(c2nc(-c3ccc(Cl)cc3)no2)C1. The number of halogens is 1. The third-order valence-electron chi connectivity index (χ3n) is 4.51. The number of nitrogens with one attached hydrogen (secondary N) is 1. The molecule has 3 aromatic rings. The lowest BCUT2D eigenvalue weighted by Gasteiger charge is -2.31. The van der Waals surface area contributed by atoms with Crippen molar-refractivity contribution in [3.63, 3.8) is 0 Å². The van der Waals surface area contributed by atoms with Crippen molar-refractivity contribution in [1.82, 2.24) is 20.0 Å². The van der Waals surface area contributed by atoms with Crippen molar-refractivity contribution in [3.05, 3.63) is 59.7 Å². The van der Waals surface area contributed by atoms with Crippen LogP contribution in [-0.2, 0) is 0 Å². The molecule has 2 amide bonds. The lowest BCUT2D eigenvalue weighted by Crippen LogP contribution is -2.41. The van der Waals surface area contributed by atoms with E-state index in [4.69, 9.17) is 16.1 Å². The molecule has 3 heterocycles. The number of carbonyl (C=O) groups excluding carboxylic acids is 1. The molecule has 2 aromatic heterocycles. The van der Waals surface area contributed by atoms with E-state index in [0.717, 1.165) is 18.4 Å². The van der Waals surface area contributed by atoms with E-state index in [1.165, 1.54) is 0 Å². The number of benzene rings is 1. The van der Waals surface area contributed by atoms with Gasteiger partial charge in [-0.15, -0.1) is 0 Å². The Labute approximate surface area is 161 Å². The predicted molar refractivity (Wildman–Crippen MR) is 102 cm³/mol. The minimum absolute atomic E-state index is 0.0203. The molecule has 0 bridgehead atoms. The Bertz CT molecular complexity index is 913. The maximum atomic E-state index is 12.5. The fourth-order valence-electron chi connectivity index (χ4n) is 3.12. The summed E-state index contributed by atoms with van der Waals surface area (Å²) in [4.78, 5) is 22.8. The highest BCUT2D eigenvalue weighted by Gasteiger charge is 2.28. The highest BCUT2D eigenvalue weighted by atomic mass is 35.5. The average Bonchev–Trinajstić information content (AvgIpc) is 3.20. The number of carbonyl (C=O) groups is 1. The molecule has 0 radical (unpaired) electrons. The number of urea groups is 1. The van der Waals surface area contributed by atoms with Gasteiger partial charge in [-0.1, -0.05) is 16.8 Å². The normalized spacial score (nSPS) is 16.9. The molecule has 0 aliphatic carbocycles. The van der Waals surface area contributed by atoms with E-state index >= 15 is 0 Å². The van der Waals surface area contributed by atoms with E-state index < -0.39 is 0 Å². The van der Waals surface area contributed by atoms with Crippen LogP contribution >= 0.6 is 11.6 Å². The van der Waals surface area contributed by atoms with Crippen molar-refractivity contribution >= 4 is 23.3 Å². The summed E-state index contributed by atoms with van der Waals surface area (Å²) >= 11 is 5.92. The van der Waals surface area contributed by atoms with E-state index in [9.17, 15) is 4.79 Å². The molecule has 1 N–H and O–H groups in total. The highest BCUT2D eigenvalue weighted by Crippen LogP contribution is 2.28. The van der Waals surface area contributed by atoms with E-state index in [0.29, 0.717) is 35.5 Å². The standard InChI is InChI=1S/C19H18ClN5O2/c20-15-7-5-13(6-8-15)17-23-18(27-24-17)14-3-2-10-25(12-14)19(26)22-16-4-1-9-21-11-16/h1,4-9,11,14H,2-3,10,12H2,(H,22,26). The molecule has 27 heavy (non-hydrogen) atoms. The van der Waals surface area contributed by atoms with Crippen LogP contribution in [0, 0.1) is 0 Å². The van der Waals surface area contributed by atoms with Crippen molar-refractivity contribution in [2.75, 3.05) is 18.4 Å². The van der Waals surface area contributed by atoms with Gasteiger partial charge in [-0.25, -0.2) is 4.79 Å². The summed E-state index contributed by atoms with van der Waals surface area (Å²) in [5, 5.41) is 7.60. The maximum Gasteiger partial charge on any atom is 0.321 e. The molecule has 1 saturated heterocycles. The van der Waals surface area contributed by atoms with Gasteiger partial charge < -0.3 is 14.7 Å². The molecule has 1 aliphatic rings. The van der Waals surface area contributed by atoms with Gasteiger partial charge in [0, 0.05) is 29.9 Å². The highest BCUT2D eigenvalue weighted by molar-refractivity contribution is 6.30. The van der Waals surface area contributed by atoms with Crippen LogP contribution < -0.4 is 5.32 Å². The lowest BCUT2D eigenvalue weighted by atomic mass is 9.98. The number of hydrogen-bond acceptors (Lipinski definition) is 5. The molecule has 1 atom stereocenters. The summed E-state index contributed by atoms with van der Waals surface area (Å²) in [5.41, 5.74) is 1.52. The number of hydrogen-bond donors (Lipinski definition) is 1. The van der Waals surface area contributed by atoms with Gasteiger partial charge >= 0.3 is 6.03 Å². The van der Waals surface area contributed by atoms with Gasteiger partial charge in [0.1, 0.15) is 0 Å². The topological polar surface area (TPSA) is 84.2 Å². The number of pyridine rings is 1. The number of aromatic nitrogens is 3. The minimum Gasteiger partial charge on any atom is -0.339 e. The molecule has 1 aromatic carbocycles. The lowest BCUT2D eigenvalue weighted by molar-refractivity contribution is 0.184. The summed E-state index contributed by atoms with van der Waals surface area (Å²) in [5.74, 6) is 1.10. The summed E-state index contributed by atoms with van der Waals surface area (Å²) in [6.07, 6.45) is 5.07. The summed E-state index contributed by atoms with van der Waals surface area (Å²) in [6.45, 7) is 1.23. The predicted octanol–water partition coefficient (Wildman–Crippen LogP) is 4.20. The number of piperidine rings is 1. The molecule has 1 aliphatic heterocycles. The molecule has 4 rings (SSSR count). The number of anilines is 1. The molecule has 7 nitrogen and oxygen atoms in total. The first-order valence-electron chi connectivity index (χ1n) is 8.74. The third-order valence-corrected chi connectivity index (χ3v) is 4.77.